The van der Waals surface area contributed by atoms with E-state index >= 15 is 0 Å². The molecule has 32 heavy (non-hydrogen) atoms. The molecular formula is C25H24N2O5. The summed E-state index contributed by atoms with van der Waals surface area (Å²) in [6, 6.07) is 18.2. The lowest BCUT2D eigenvalue weighted by Gasteiger charge is -2.10. The van der Waals surface area contributed by atoms with Crippen LogP contribution in [0.4, 0.5) is 5.69 Å². The van der Waals surface area contributed by atoms with Gasteiger partial charge in [-0.3, -0.25) is 9.59 Å². The van der Waals surface area contributed by atoms with Crippen molar-refractivity contribution in [2.45, 2.75) is 20.5 Å². The molecular weight excluding hydrogens is 408 g/mol. The van der Waals surface area contributed by atoms with Crippen LogP contribution in [0.1, 0.15) is 27.0 Å². The van der Waals surface area contributed by atoms with Gasteiger partial charge in [-0.1, -0.05) is 18.2 Å². The van der Waals surface area contributed by atoms with Crippen LogP contribution < -0.4 is 24.8 Å². The van der Waals surface area contributed by atoms with Gasteiger partial charge in [0.1, 0.15) is 12.4 Å². The van der Waals surface area contributed by atoms with Crippen LogP contribution in [-0.2, 0) is 11.4 Å². The molecule has 0 radical (unpaired) electrons. The predicted octanol–water partition coefficient (Wildman–Crippen LogP) is 3.98. The number of rotatable bonds is 7. The summed E-state index contributed by atoms with van der Waals surface area (Å²) in [5.74, 6) is 1.43. The first kappa shape index (κ1) is 21.2. The van der Waals surface area contributed by atoms with Crippen molar-refractivity contribution in [3.05, 3.63) is 82.9 Å². The number of fused-ring (bicyclic) bond motifs is 1. The predicted molar refractivity (Wildman–Crippen MR) is 120 cm³/mol. The normalized spacial score (nSPS) is 11.7. The van der Waals surface area contributed by atoms with Crippen LogP contribution in [0, 0.1) is 13.8 Å². The lowest BCUT2D eigenvalue weighted by molar-refractivity contribution is -0.115. The van der Waals surface area contributed by atoms with Gasteiger partial charge in [0.2, 0.25) is 12.7 Å². The minimum Gasteiger partial charge on any atom is -0.489 e. The van der Waals surface area contributed by atoms with Crippen molar-refractivity contribution in [1.29, 1.82) is 0 Å². The Bertz CT molecular complexity index is 1160. The molecule has 0 spiro atoms. The first-order valence-corrected chi connectivity index (χ1v) is 10.2. The molecule has 0 saturated carbocycles. The number of nitrogens with one attached hydrogen (secondary N) is 2. The lowest BCUT2D eigenvalue weighted by Crippen LogP contribution is -2.32. The van der Waals surface area contributed by atoms with E-state index in [0.29, 0.717) is 35.1 Å². The Labute approximate surface area is 186 Å². The van der Waals surface area contributed by atoms with Crippen LogP contribution in [-0.4, -0.2) is 25.2 Å². The Balaban J connectivity index is 1.28. The van der Waals surface area contributed by atoms with Gasteiger partial charge in [0.15, 0.2) is 11.5 Å². The second-order valence-electron chi connectivity index (χ2n) is 7.53. The molecule has 4 rings (SSSR count). The zero-order valence-corrected chi connectivity index (χ0v) is 17.9. The van der Waals surface area contributed by atoms with Crippen molar-refractivity contribution in [3.8, 4) is 17.2 Å². The van der Waals surface area contributed by atoms with Crippen LogP contribution in [0.25, 0.3) is 0 Å². The maximum atomic E-state index is 12.3. The fourth-order valence-corrected chi connectivity index (χ4v) is 3.22. The SMILES string of the molecule is Cc1ccc(C(=O)NCC(=O)Nc2cccc(COc3ccc4c(c3)OCO4)c2)cc1C. The molecule has 0 atom stereocenters. The Hall–Kier alpha value is -4.00. The molecule has 0 fully saturated rings. The van der Waals surface area contributed by atoms with Crippen molar-refractivity contribution in [3.63, 3.8) is 0 Å². The third kappa shape index (κ3) is 5.18. The molecule has 2 amide bonds. The van der Waals surface area contributed by atoms with Crippen molar-refractivity contribution in [2.75, 3.05) is 18.7 Å². The van der Waals surface area contributed by atoms with Crippen LogP contribution in [0.3, 0.4) is 0 Å². The highest BCUT2D eigenvalue weighted by Crippen LogP contribution is 2.35. The first-order valence-electron chi connectivity index (χ1n) is 10.2. The summed E-state index contributed by atoms with van der Waals surface area (Å²) >= 11 is 0. The summed E-state index contributed by atoms with van der Waals surface area (Å²) in [5, 5.41) is 5.45. The maximum absolute atomic E-state index is 12.3. The van der Waals surface area contributed by atoms with Crippen molar-refractivity contribution in [1.82, 2.24) is 5.32 Å². The average molecular weight is 432 g/mol. The zero-order valence-electron chi connectivity index (χ0n) is 17.9. The van der Waals surface area contributed by atoms with Crippen LogP contribution >= 0.6 is 0 Å². The minimum atomic E-state index is -0.309. The smallest absolute Gasteiger partial charge is 0.251 e. The van der Waals surface area contributed by atoms with E-state index < -0.39 is 0 Å². The summed E-state index contributed by atoms with van der Waals surface area (Å²) < 4.78 is 16.5. The highest BCUT2D eigenvalue weighted by atomic mass is 16.7. The van der Waals surface area contributed by atoms with E-state index in [2.05, 4.69) is 10.6 Å². The van der Waals surface area contributed by atoms with E-state index in [1.54, 1.807) is 24.3 Å². The van der Waals surface area contributed by atoms with E-state index in [9.17, 15) is 9.59 Å². The molecule has 7 nitrogen and oxygen atoms in total. The van der Waals surface area contributed by atoms with Gasteiger partial charge in [-0.05, 0) is 66.9 Å². The largest absolute Gasteiger partial charge is 0.489 e. The van der Waals surface area contributed by atoms with Gasteiger partial charge in [0, 0.05) is 17.3 Å². The third-order valence-electron chi connectivity index (χ3n) is 5.14. The van der Waals surface area contributed by atoms with E-state index in [1.807, 2.05) is 50.2 Å². The second-order valence-corrected chi connectivity index (χ2v) is 7.53. The quantitative estimate of drug-likeness (QED) is 0.590. The highest BCUT2D eigenvalue weighted by molar-refractivity contribution is 5.99. The molecule has 0 bridgehead atoms. The van der Waals surface area contributed by atoms with Gasteiger partial charge in [-0.2, -0.15) is 0 Å². The summed E-state index contributed by atoms with van der Waals surface area (Å²) in [6.07, 6.45) is 0. The number of anilines is 1. The molecule has 1 aliphatic heterocycles. The number of hydrogen-bond donors (Lipinski definition) is 2. The number of carbonyl (C=O) groups excluding carboxylic acids is 2. The Morgan fingerprint density at radius 1 is 0.938 bits per heavy atom. The molecule has 3 aromatic carbocycles. The monoisotopic (exact) mass is 432 g/mol. The summed E-state index contributed by atoms with van der Waals surface area (Å²) in [5.41, 5.74) is 4.19. The fourth-order valence-electron chi connectivity index (χ4n) is 3.22. The molecule has 3 aromatic rings. The topological polar surface area (TPSA) is 85.9 Å². The van der Waals surface area contributed by atoms with Crippen molar-refractivity contribution < 1.29 is 23.8 Å². The van der Waals surface area contributed by atoms with Crippen LogP contribution in [0.15, 0.2) is 60.7 Å². The van der Waals surface area contributed by atoms with Gasteiger partial charge in [-0.25, -0.2) is 0 Å². The summed E-state index contributed by atoms with van der Waals surface area (Å²) in [4.78, 5) is 24.6. The maximum Gasteiger partial charge on any atom is 0.251 e. The lowest BCUT2D eigenvalue weighted by atomic mass is 10.1. The molecule has 0 saturated heterocycles. The molecule has 1 aliphatic rings. The van der Waals surface area contributed by atoms with E-state index in [0.717, 1.165) is 16.7 Å². The fraction of sp³-hybridized carbons (Fsp3) is 0.200. The highest BCUT2D eigenvalue weighted by Gasteiger charge is 2.14. The van der Waals surface area contributed by atoms with Gasteiger partial charge in [-0.15, -0.1) is 0 Å². The second kappa shape index (κ2) is 9.43. The standard InChI is InChI=1S/C25H24N2O5/c1-16-6-7-19(10-17(16)2)25(29)26-13-24(28)27-20-5-3-4-18(11-20)14-30-21-8-9-22-23(12-21)32-15-31-22/h3-12H,13-15H2,1-2H3,(H,26,29)(H,27,28). The third-order valence-corrected chi connectivity index (χ3v) is 5.14. The summed E-state index contributed by atoms with van der Waals surface area (Å²) in [7, 11) is 0. The molecule has 7 heteroatoms. The van der Waals surface area contributed by atoms with Crippen LogP contribution in [0.2, 0.25) is 0 Å². The summed E-state index contributed by atoms with van der Waals surface area (Å²) in [6.45, 7) is 4.35. The van der Waals surface area contributed by atoms with Crippen LogP contribution in [0.5, 0.6) is 17.2 Å². The number of amides is 2. The average Bonchev–Trinajstić information content (AvgIpc) is 3.26. The molecule has 164 valence electrons. The van der Waals surface area contributed by atoms with Gasteiger partial charge in [0.05, 0.1) is 6.54 Å². The Kier molecular flexibility index (Phi) is 6.26. The van der Waals surface area contributed by atoms with Gasteiger partial charge >= 0.3 is 0 Å². The van der Waals surface area contributed by atoms with Crippen molar-refractivity contribution >= 4 is 17.5 Å². The molecule has 2 N–H and O–H groups in total. The number of benzene rings is 3. The number of carbonyl (C=O) groups is 2. The Morgan fingerprint density at radius 2 is 1.78 bits per heavy atom. The van der Waals surface area contributed by atoms with E-state index in [1.165, 1.54) is 0 Å². The number of hydrogen-bond acceptors (Lipinski definition) is 5. The molecule has 0 aliphatic carbocycles. The van der Waals surface area contributed by atoms with Gasteiger partial charge in [0.25, 0.3) is 5.91 Å². The number of aryl methyl sites for hydroxylation is 2. The zero-order chi connectivity index (χ0) is 22.5. The minimum absolute atomic E-state index is 0.121. The van der Waals surface area contributed by atoms with Crippen molar-refractivity contribution in [2.24, 2.45) is 0 Å². The molecule has 0 unspecified atom stereocenters. The molecule has 0 aromatic heterocycles. The van der Waals surface area contributed by atoms with Gasteiger partial charge < -0.3 is 24.8 Å². The molecule has 1 heterocycles. The van der Waals surface area contributed by atoms with E-state index in [-0.39, 0.29) is 25.2 Å². The number of ether oxygens (including phenoxy) is 3. The Morgan fingerprint density at radius 3 is 2.62 bits per heavy atom. The first-order chi connectivity index (χ1) is 15.5. The van der Waals surface area contributed by atoms with E-state index in [4.69, 9.17) is 14.2 Å².